The molecule has 23 heavy (non-hydrogen) atoms. The van der Waals surface area contributed by atoms with E-state index in [1.54, 1.807) is 13.1 Å². The molecule has 0 aliphatic carbocycles. The molecule has 1 saturated heterocycles. The van der Waals surface area contributed by atoms with Crippen LogP contribution in [0.5, 0.6) is 0 Å². The minimum Gasteiger partial charge on any atom is -0.378 e. The van der Waals surface area contributed by atoms with Crippen molar-refractivity contribution in [3.05, 3.63) is 35.4 Å². The monoisotopic (exact) mass is 341 g/mol. The highest BCUT2D eigenvalue weighted by molar-refractivity contribution is 5.94. The van der Waals surface area contributed by atoms with Crippen LogP contribution in [0.15, 0.2) is 24.3 Å². The van der Waals surface area contributed by atoms with Crippen LogP contribution in [0.25, 0.3) is 0 Å². The predicted molar refractivity (Wildman–Crippen MR) is 91.0 cm³/mol. The predicted octanol–water partition coefficient (Wildman–Crippen LogP) is 0.505. The summed E-state index contributed by atoms with van der Waals surface area (Å²) in [6, 6.07) is 7.53. The molecular weight excluding hydrogens is 318 g/mol. The smallest absolute Gasteiger partial charge is 0.251 e. The van der Waals surface area contributed by atoms with Crippen LogP contribution in [-0.2, 0) is 16.0 Å². The molecule has 7 heteroatoms. The van der Waals surface area contributed by atoms with Crippen LogP contribution in [0.2, 0.25) is 0 Å². The SMILES string of the molecule is CNC(=O)c1cccc(CCNC(=O)CC2COCCN2)c1.Cl. The zero-order chi connectivity index (χ0) is 15.8. The average molecular weight is 342 g/mol. The third kappa shape index (κ3) is 6.56. The number of benzene rings is 1. The Morgan fingerprint density at radius 3 is 2.91 bits per heavy atom. The van der Waals surface area contributed by atoms with Crippen molar-refractivity contribution in [1.82, 2.24) is 16.0 Å². The van der Waals surface area contributed by atoms with Crippen molar-refractivity contribution in [3.8, 4) is 0 Å². The maximum atomic E-state index is 11.9. The van der Waals surface area contributed by atoms with Crippen LogP contribution in [0.4, 0.5) is 0 Å². The van der Waals surface area contributed by atoms with Gasteiger partial charge >= 0.3 is 0 Å². The van der Waals surface area contributed by atoms with Crippen molar-refractivity contribution in [2.45, 2.75) is 18.9 Å². The minimum absolute atomic E-state index is 0. The lowest BCUT2D eigenvalue weighted by Crippen LogP contribution is -2.44. The molecule has 1 aromatic carbocycles. The number of ether oxygens (including phenoxy) is 1. The van der Waals surface area contributed by atoms with E-state index >= 15 is 0 Å². The second-order valence-electron chi connectivity index (χ2n) is 5.31. The lowest BCUT2D eigenvalue weighted by atomic mass is 10.1. The molecule has 1 unspecified atom stereocenters. The number of amides is 2. The Balaban J connectivity index is 0.00000264. The Labute approximate surface area is 142 Å². The molecule has 1 aliphatic heterocycles. The molecule has 0 saturated carbocycles. The van der Waals surface area contributed by atoms with Crippen molar-refractivity contribution >= 4 is 24.2 Å². The largest absolute Gasteiger partial charge is 0.378 e. The van der Waals surface area contributed by atoms with Crippen molar-refractivity contribution < 1.29 is 14.3 Å². The van der Waals surface area contributed by atoms with Crippen molar-refractivity contribution in [1.29, 1.82) is 0 Å². The van der Waals surface area contributed by atoms with E-state index in [0.717, 1.165) is 12.1 Å². The van der Waals surface area contributed by atoms with Gasteiger partial charge < -0.3 is 20.7 Å². The molecule has 2 amide bonds. The molecule has 6 nitrogen and oxygen atoms in total. The van der Waals surface area contributed by atoms with E-state index in [2.05, 4.69) is 16.0 Å². The molecule has 128 valence electrons. The summed E-state index contributed by atoms with van der Waals surface area (Å²) in [5.74, 6) is -0.0836. The number of rotatable bonds is 6. The van der Waals surface area contributed by atoms with Gasteiger partial charge in [0.15, 0.2) is 0 Å². The van der Waals surface area contributed by atoms with Gasteiger partial charge in [0.1, 0.15) is 0 Å². The van der Waals surface area contributed by atoms with Gasteiger partial charge in [-0.1, -0.05) is 12.1 Å². The van der Waals surface area contributed by atoms with Gasteiger partial charge in [-0.15, -0.1) is 12.4 Å². The van der Waals surface area contributed by atoms with E-state index < -0.39 is 0 Å². The quantitative estimate of drug-likeness (QED) is 0.704. The Morgan fingerprint density at radius 1 is 1.39 bits per heavy atom. The van der Waals surface area contributed by atoms with Gasteiger partial charge in [0.25, 0.3) is 5.91 Å². The fourth-order valence-corrected chi connectivity index (χ4v) is 2.41. The molecule has 2 rings (SSSR count). The summed E-state index contributed by atoms with van der Waals surface area (Å²) < 4.78 is 5.32. The van der Waals surface area contributed by atoms with E-state index in [9.17, 15) is 9.59 Å². The number of carbonyl (C=O) groups is 2. The maximum absolute atomic E-state index is 11.9. The molecule has 1 aliphatic rings. The number of morpholine rings is 1. The number of hydrogen-bond acceptors (Lipinski definition) is 4. The van der Waals surface area contributed by atoms with Crippen molar-refractivity contribution in [2.75, 3.05) is 33.4 Å². The van der Waals surface area contributed by atoms with Gasteiger partial charge in [-0.2, -0.15) is 0 Å². The van der Waals surface area contributed by atoms with E-state index in [-0.39, 0.29) is 30.3 Å². The first-order chi connectivity index (χ1) is 10.7. The van der Waals surface area contributed by atoms with Crippen LogP contribution in [0, 0.1) is 0 Å². The highest BCUT2D eigenvalue weighted by Crippen LogP contribution is 2.06. The second-order valence-corrected chi connectivity index (χ2v) is 5.31. The fraction of sp³-hybridized carbons (Fsp3) is 0.500. The standard InChI is InChI=1S/C16H23N3O3.ClH/c1-17-16(21)13-4-2-3-12(9-13)5-6-19-15(20)10-14-11-22-8-7-18-14;/h2-4,9,14,18H,5-8,10-11H2,1H3,(H,17,21)(H,19,20);1H. The first-order valence-electron chi connectivity index (χ1n) is 7.58. The highest BCUT2D eigenvalue weighted by atomic mass is 35.5. The zero-order valence-corrected chi connectivity index (χ0v) is 14.1. The third-order valence-corrected chi connectivity index (χ3v) is 3.58. The Hall–Kier alpha value is -1.63. The lowest BCUT2D eigenvalue weighted by Gasteiger charge is -2.23. The van der Waals surface area contributed by atoms with Gasteiger partial charge in [-0.05, 0) is 24.1 Å². The molecular formula is C16H24ClN3O3. The molecule has 3 N–H and O–H groups in total. The summed E-state index contributed by atoms with van der Waals surface area (Å²) in [5, 5.41) is 8.76. The number of carbonyl (C=O) groups excluding carboxylic acids is 2. The molecule has 1 fully saturated rings. The molecule has 1 heterocycles. The number of nitrogens with one attached hydrogen (secondary N) is 3. The van der Waals surface area contributed by atoms with E-state index in [0.29, 0.717) is 38.2 Å². The van der Waals surface area contributed by atoms with E-state index in [1.165, 1.54) is 0 Å². The van der Waals surface area contributed by atoms with Crippen molar-refractivity contribution in [3.63, 3.8) is 0 Å². The van der Waals surface area contributed by atoms with Crippen LogP contribution in [0.3, 0.4) is 0 Å². The van der Waals surface area contributed by atoms with E-state index in [1.807, 2.05) is 18.2 Å². The van der Waals surface area contributed by atoms with Gasteiger partial charge in [-0.25, -0.2) is 0 Å². The molecule has 0 aromatic heterocycles. The molecule has 0 spiro atoms. The van der Waals surface area contributed by atoms with Crippen LogP contribution in [-0.4, -0.2) is 51.2 Å². The normalized spacial score (nSPS) is 17.0. The summed E-state index contributed by atoms with van der Waals surface area (Å²) in [6.45, 7) is 2.65. The first kappa shape index (κ1) is 19.4. The number of hydrogen-bond donors (Lipinski definition) is 3. The summed E-state index contributed by atoms with van der Waals surface area (Å²) in [6.07, 6.45) is 1.13. The molecule has 0 radical (unpaired) electrons. The van der Waals surface area contributed by atoms with E-state index in [4.69, 9.17) is 4.74 Å². The summed E-state index contributed by atoms with van der Waals surface area (Å²) in [4.78, 5) is 23.4. The second kappa shape index (κ2) is 10.2. The van der Waals surface area contributed by atoms with Crippen LogP contribution in [0.1, 0.15) is 22.3 Å². The van der Waals surface area contributed by atoms with Gasteiger partial charge in [0, 0.05) is 38.2 Å². The van der Waals surface area contributed by atoms with Gasteiger partial charge in [0.2, 0.25) is 5.91 Å². The topological polar surface area (TPSA) is 79.5 Å². The maximum Gasteiger partial charge on any atom is 0.251 e. The Morgan fingerprint density at radius 2 is 2.22 bits per heavy atom. The van der Waals surface area contributed by atoms with Crippen LogP contribution >= 0.6 is 12.4 Å². The Bertz CT molecular complexity index is 519. The average Bonchev–Trinajstić information content (AvgIpc) is 2.55. The van der Waals surface area contributed by atoms with Gasteiger partial charge in [0.05, 0.1) is 13.2 Å². The summed E-state index contributed by atoms with van der Waals surface area (Å²) in [5.41, 5.74) is 1.66. The molecule has 1 aromatic rings. The summed E-state index contributed by atoms with van der Waals surface area (Å²) in [7, 11) is 1.61. The highest BCUT2D eigenvalue weighted by Gasteiger charge is 2.16. The minimum atomic E-state index is -0.103. The first-order valence-corrected chi connectivity index (χ1v) is 7.58. The Kier molecular flexibility index (Phi) is 8.61. The third-order valence-electron chi connectivity index (χ3n) is 3.58. The number of halogens is 1. The zero-order valence-electron chi connectivity index (χ0n) is 13.3. The molecule has 1 atom stereocenters. The summed E-state index contributed by atoms with van der Waals surface area (Å²) >= 11 is 0. The van der Waals surface area contributed by atoms with Crippen LogP contribution < -0.4 is 16.0 Å². The lowest BCUT2D eigenvalue weighted by molar-refractivity contribution is -0.122. The van der Waals surface area contributed by atoms with Crippen molar-refractivity contribution in [2.24, 2.45) is 0 Å². The van der Waals surface area contributed by atoms with Gasteiger partial charge in [-0.3, -0.25) is 9.59 Å². The molecule has 0 bridgehead atoms. The fourth-order valence-electron chi connectivity index (χ4n) is 2.41.